The number of rotatable bonds is 3. The molecule has 90 valence electrons. The summed E-state index contributed by atoms with van der Waals surface area (Å²) >= 11 is 0. The fourth-order valence-corrected chi connectivity index (χ4v) is 2.04. The molecule has 0 saturated carbocycles. The monoisotopic (exact) mass is 232 g/mol. The topological polar surface area (TPSA) is 64.7 Å². The maximum Gasteiger partial charge on any atom is 0.243 e. The maximum atomic E-state index is 10.8. The quantitative estimate of drug-likeness (QED) is 0.866. The van der Waals surface area contributed by atoms with E-state index in [1.54, 1.807) is 0 Å². The fraction of sp³-hybridized carbons (Fsp3) is 0.385. The van der Waals surface area contributed by atoms with Crippen molar-refractivity contribution in [3.8, 4) is 0 Å². The van der Waals surface area contributed by atoms with E-state index >= 15 is 0 Å². The summed E-state index contributed by atoms with van der Waals surface area (Å²) in [4.78, 5) is 15.3. The van der Waals surface area contributed by atoms with E-state index in [4.69, 9.17) is 10.5 Å². The molecule has 1 aliphatic rings. The molecule has 2 rings (SSSR count). The smallest absolute Gasteiger partial charge is 0.243 e. The van der Waals surface area contributed by atoms with Gasteiger partial charge in [-0.1, -0.05) is 18.2 Å². The number of ether oxygens (including phenoxy) is 1. The van der Waals surface area contributed by atoms with Gasteiger partial charge in [-0.2, -0.15) is 0 Å². The SMILES string of the molecule is CC1=Nc2c(C)cccc2C(OCC(N)=O)C1. The highest BCUT2D eigenvalue weighted by Crippen LogP contribution is 2.37. The first kappa shape index (κ1) is 11.8. The summed E-state index contributed by atoms with van der Waals surface area (Å²) < 4.78 is 5.54. The molecule has 1 unspecified atom stereocenters. The van der Waals surface area contributed by atoms with Crippen LogP contribution in [0.2, 0.25) is 0 Å². The summed E-state index contributed by atoms with van der Waals surface area (Å²) in [5, 5.41) is 0. The van der Waals surface area contributed by atoms with E-state index in [1.165, 1.54) is 0 Å². The lowest BCUT2D eigenvalue weighted by Gasteiger charge is -2.24. The van der Waals surface area contributed by atoms with Gasteiger partial charge >= 0.3 is 0 Å². The van der Waals surface area contributed by atoms with E-state index in [1.807, 2.05) is 32.0 Å². The molecule has 0 radical (unpaired) electrons. The Morgan fingerprint density at radius 3 is 3.00 bits per heavy atom. The lowest BCUT2D eigenvalue weighted by molar-refractivity contribution is -0.124. The van der Waals surface area contributed by atoms with Gasteiger partial charge in [-0.25, -0.2) is 0 Å². The van der Waals surface area contributed by atoms with Crippen molar-refractivity contribution in [2.24, 2.45) is 10.7 Å². The molecule has 0 aliphatic carbocycles. The zero-order valence-electron chi connectivity index (χ0n) is 10.1. The second kappa shape index (κ2) is 4.67. The van der Waals surface area contributed by atoms with Gasteiger partial charge in [0.2, 0.25) is 5.91 Å². The van der Waals surface area contributed by atoms with E-state index in [-0.39, 0.29) is 12.7 Å². The van der Waals surface area contributed by atoms with Crippen molar-refractivity contribution in [1.29, 1.82) is 0 Å². The third kappa shape index (κ3) is 2.53. The standard InChI is InChI=1S/C13H16N2O2/c1-8-4-3-5-10-11(17-7-12(14)16)6-9(2)15-13(8)10/h3-5,11H,6-7H2,1-2H3,(H2,14,16). The minimum atomic E-state index is -0.445. The molecule has 1 atom stereocenters. The summed E-state index contributed by atoms with van der Waals surface area (Å²) in [5.41, 5.74) is 9.24. The Bertz CT molecular complexity index is 480. The molecule has 17 heavy (non-hydrogen) atoms. The van der Waals surface area contributed by atoms with Gasteiger partial charge in [0.05, 0.1) is 11.8 Å². The molecule has 0 spiro atoms. The Hall–Kier alpha value is -1.68. The number of hydrogen-bond donors (Lipinski definition) is 1. The van der Waals surface area contributed by atoms with Crippen LogP contribution in [0.5, 0.6) is 0 Å². The number of benzene rings is 1. The van der Waals surface area contributed by atoms with E-state index in [0.29, 0.717) is 6.42 Å². The van der Waals surface area contributed by atoms with Gasteiger partial charge in [-0.3, -0.25) is 9.79 Å². The number of aryl methyl sites for hydroxylation is 1. The van der Waals surface area contributed by atoms with Crippen LogP contribution < -0.4 is 5.73 Å². The number of amides is 1. The van der Waals surface area contributed by atoms with Crippen LogP contribution in [0, 0.1) is 6.92 Å². The summed E-state index contributed by atoms with van der Waals surface area (Å²) in [6.45, 7) is 3.94. The van der Waals surface area contributed by atoms with Gasteiger partial charge in [-0.05, 0) is 19.4 Å². The number of carbonyl (C=O) groups excluding carboxylic acids is 1. The summed E-state index contributed by atoms with van der Waals surface area (Å²) in [6, 6.07) is 5.99. The van der Waals surface area contributed by atoms with E-state index in [2.05, 4.69) is 4.99 Å². The van der Waals surface area contributed by atoms with Crippen LogP contribution in [0.25, 0.3) is 0 Å². The fourth-order valence-electron chi connectivity index (χ4n) is 2.04. The molecule has 1 aromatic carbocycles. The second-order valence-electron chi connectivity index (χ2n) is 4.33. The van der Waals surface area contributed by atoms with E-state index in [0.717, 1.165) is 22.5 Å². The summed E-state index contributed by atoms with van der Waals surface area (Å²) in [7, 11) is 0. The molecule has 0 bridgehead atoms. The molecule has 0 saturated heterocycles. The number of nitrogens with two attached hydrogens (primary N) is 1. The highest BCUT2D eigenvalue weighted by atomic mass is 16.5. The Morgan fingerprint density at radius 2 is 2.29 bits per heavy atom. The van der Waals surface area contributed by atoms with E-state index in [9.17, 15) is 4.79 Å². The first-order valence-corrected chi connectivity index (χ1v) is 5.61. The lowest BCUT2D eigenvalue weighted by Crippen LogP contribution is -2.22. The second-order valence-corrected chi connectivity index (χ2v) is 4.33. The maximum absolute atomic E-state index is 10.8. The zero-order valence-corrected chi connectivity index (χ0v) is 10.1. The van der Waals surface area contributed by atoms with Crippen molar-refractivity contribution >= 4 is 17.3 Å². The number of nitrogens with zero attached hydrogens (tertiary/aromatic N) is 1. The molecule has 1 heterocycles. The van der Waals surface area contributed by atoms with Crippen LogP contribution in [0.3, 0.4) is 0 Å². The molecule has 0 aromatic heterocycles. The van der Waals surface area contributed by atoms with Crippen LogP contribution in [0.1, 0.15) is 30.6 Å². The molecule has 0 fully saturated rings. The molecule has 1 aromatic rings. The Morgan fingerprint density at radius 1 is 1.53 bits per heavy atom. The van der Waals surface area contributed by atoms with Crippen molar-refractivity contribution in [3.05, 3.63) is 29.3 Å². The normalized spacial score (nSPS) is 18.5. The zero-order chi connectivity index (χ0) is 12.4. The number of primary amides is 1. The number of aliphatic imine (C=N–C) groups is 1. The number of para-hydroxylation sites is 1. The Labute approximate surface area is 100 Å². The van der Waals surface area contributed by atoms with Gasteiger partial charge in [0, 0.05) is 17.7 Å². The third-order valence-corrected chi connectivity index (χ3v) is 2.83. The molecule has 1 aliphatic heterocycles. The average Bonchev–Trinajstić information content (AvgIpc) is 2.27. The largest absolute Gasteiger partial charge is 0.368 e. The van der Waals surface area contributed by atoms with Crippen molar-refractivity contribution in [2.45, 2.75) is 26.4 Å². The van der Waals surface area contributed by atoms with Gasteiger partial charge in [0.25, 0.3) is 0 Å². The minimum Gasteiger partial charge on any atom is -0.368 e. The minimum absolute atomic E-state index is 0.0503. The van der Waals surface area contributed by atoms with Crippen LogP contribution >= 0.6 is 0 Å². The van der Waals surface area contributed by atoms with E-state index < -0.39 is 5.91 Å². The first-order chi connectivity index (χ1) is 8.08. The van der Waals surface area contributed by atoms with Crippen molar-refractivity contribution in [1.82, 2.24) is 0 Å². The molecule has 4 heteroatoms. The van der Waals surface area contributed by atoms with Crippen molar-refractivity contribution in [3.63, 3.8) is 0 Å². The van der Waals surface area contributed by atoms with Crippen molar-refractivity contribution in [2.75, 3.05) is 6.61 Å². The van der Waals surface area contributed by atoms with Gasteiger partial charge in [0.1, 0.15) is 6.61 Å². The average molecular weight is 232 g/mol. The van der Waals surface area contributed by atoms with Gasteiger partial charge in [0.15, 0.2) is 0 Å². The molecular formula is C13H16N2O2. The summed E-state index contributed by atoms with van der Waals surface area (Å²) in [6.07, 6.45) is 0.596. The van der Waals surface area contributed by atoms with Crippen LogP contribution in [0.4, 0.5) is 5.69 Å². The number of hydrogen-bond acceptors (Lipinski definition) is 3. The third-order valence-electron chi connectivity index (χ3n) is 2.83. The molecule has 4 nitrogen and oxygen atoms in total. The Balaban J connectivity index is 2.30. The first-order valence-electron chi connectivity index (χ1n) is 5.61. The number of fused-ring (bicyclic) bond motifs is 1. The molecule has 2 N–H and O–H groups in total. The molecule has 1 amide bonds. The predicted octanol–water partition coefficient (Wildman–Crippen LogP) is 2.03. The Kier molecular flexibility index (Phi) is 3.24. The summed E-state index contributed by atoms with van der Waals surface area (Å²) in [5.74, 6) is -0.445. The van der Waals surface area contributed by atoms with Gasteiger partial charge in [-0.15, -0.1) is 0 Å². The molecular weight excluding hydrogens is 216 g/mol. The van der Waals surface area contributed by atoms with Crippen LogP contribution in [-0.4, -0.2) is 18.2 Å². The number of carbonyl (C=O) groups is 1. The highest BCUT2D eigenvalue weighted by Gasteiger charge is 2.22. The van der Waals surface area contributed by atoms with Crippen LogP contribution in [0.15, 0.2) is 23.2 Å². The van der Waals surface area contributed by atoms with Crippen LogP contribution in [-0.2, 0) is 9.53 Å². The highest BCUT2D eigenvalue weighted by molar-refractivity contribution is 5.88. The lowest BCUT2D eigenvalue weighted by atomic mass is 9.96. The van der Waals surface area contributed by atoms with Gasteiger partial charge < -0.3 is 10.5 Å². The predicted molar refractivity (Wildman–Crippen MR) is 66.5 cm³/mol. The van der Waals surface area contributed by atoms with Crippen molar-refractivity contribution < 1.29 is 9.53 Å².